The number of ether oxygens (including phenoxy) is 1. The molecule has 7 nitrogen and oxygen atoms in total. The zero-order chi connectivity index (χ0) is 13.2. The first kappa shape index (κ1) is 11.8. The molecular weight excluding hydrogens is 268 g/mol. The fourth-order valence-corrected chi connectivity index (χ4v) is 1.91. The van der Waals surface area contributed by atoms with Gasteiger partial charge in [-0.3, -0.25) is 4.98 Å². The number of fused-ring (bicyclic) bond motifs is 1. The van der Waals surface area contributed by atoms with Gasteiger partial charge < -0.3 is 10.5 Å². The second kappa shape index (κ2) is 4.79. The minimum absolute atomic E-state index is 0.272. The number of hydrogen-bond donors (Lipinski definition) is 1. The second-order valence-corrected chi connectivity index (χ2v) is 4.12. The summed E-state index contributed by atoms with van der Waals surface area (Å²) in [6, 6.07) is 5.31. The van der Waals surface area contributed by atoms with Crippen LogP contribution >= 0.6 is 11.6 Å². The van der Waals surface area contributed by atoms with Crippen LogP contribution in [0.3, 0.4) is 0 Å². The quantitative estimate of drug-likeness (QED) is 0.778. The van der Waals surface area contributed by atoms with Crippen LogP contribution in [0.1, 0.15) is 5.56 Å². The monoisotopic (exact) mass is 276 g/mol. The van der Waals surface area contributed by atoms with E-state index in [0.29, 0.717) is 27.9 Å². The van der Waals surface area contributed by atoms with E-state index in [0.717, 1.165) is 0 Å². The number of aromatic nitrogens is 5. The van der Waals surface area contributed by atoms with E-state index in [-0.39, 0.29) is 6.54 Å². The molecular formula is C11H9ClN6O. The van der Waals surface area contributed by atoms with Crippen molar-refractivity contribution in [2.45, 2.75) is 6.54 Å². The van der Waals surface area contributed by atoms with Crippen molar-refractivity contribution in [3.63, 3.8) is 0 Å². The van der Waals surface area contributed by atoms with Gasteiger partial charge in [-0.15, -0.1) is 5.10 Å². The highest BCUT2D eigenvalue weighted by Gasteiger charge is 2.11. The number of benzene rings is 1. The molecule has 0 aliphatic carbocycles. The van der Waals surface area contributed by atoms with Gasteiger partial charge in [-0.05, 0) is 22.6 Å². The van der Waals surface area contributed by atoms with E-state index in [1.165, 1.54) is 16.9 Å². The first-order chi connectivity index (χ1) is 9.29. The lowest BCUT2D eigenvalue weighted by Crippen LogP contribution is -2.03. The van der Waals surface area contributed by atoms with Crippen molar-refractivity contribution in [3.05, 3.63) is 41.2 Å². The Kier molecular flexibility index (Phi) is 2.98. The molecule has 0 amide bonds. The molecule has 0 atom stereocenters. The maximum absolute atomic E-state index is 6.07. The number of halogens is 1. The number of tetrazole rings is 1. The SMILES string of the molecule is NCc1c(Cl)cccc1Oc1cncc2nnnn12. The maximum Gasteiger partial charge on any atom is 0.242 e. The van der Waals surface area contributed by atoms with E-state index in [1.807, 2.05) is 0 Å². The van der Waals surface area contributed by atoms with Crippen molar-refractivity contribution >= 4 is 17.2 Å². The summed E-state index contributed by atoms with van der Waals surface area (Å²) < 4.78 is 7.19. The summed E-state index contributed by atoms with van der Waals surface area (Å²) in [7, 11) is 0. The molecule has 3 aromatic rings. The van der Waals surface area contributed by atoms with Crippen molar-refractivity contribution in [2.75, 3.05) is 0 Å². The lowest BCUT2D eigenvalue weighted by molar-refractivity contribution is 0.437. The topological polar surface area (TPSA) is 91.2 Å². The van der Waals surface area contributed by atoms with Crippen molar-refractivity contribution in [2.24, 2.45) is 5.73 Å². The largest absolute Gasteiger partial charge is 0.437 e. The van der Waals surface area contributed by atoms with Gasteiger partial charge in [0, 0.05) is 17.1 Å². The highest BCUT2D eigenvalue weighted by molar-refractivity contribution is 6.31. The molecule has 0 saturated heterocycles. The summed E-state index contributed by atoms with van der Waals surface area (Å²) >= 11 is 6.07. The minimum Gasteiger partial charge on any atom is -0.437 e. The molecule has 8 heteroatoms. The van der Waals surface area contributed by atoms with Crippen molar-refractivity contribution in [1.82, 2.24) is 25.0 Å². The third kappa shape index (κ3) is 2.09. The van der Waals surface area contributed by atoms with Crippen LogP contribution < -0.4 is 10.5 Å². The number of nitrogens with two attached hydrogens (primary N) is 1. The molecule has 3 rings (SSSR count). The number of rotatable bonds is 3. The summed E-state index contributed by atoms with van der Waals surface area (Å²) in [6.07, 6.45) is 3.05. The molecule has 1 aromatic carbocycles. The fraction of sp³-hybridized carbons (Fsp3) is 0.0909. The van der Waals surface area contributed by atoms with E-state index < -0.39 is 0 Å². The van der Waals surface area contributed by atoms with Gasteiger partial charge in [0.15, 0.2) is 0 Å². The van der Waals surface area contributed by atoms with E-state index in [9.17, 15) is 0 Å². The summed E-state index contributed by atoms with van der Waals surface area (Å²) in [5, 5.41) is 11.7. The molecule has 2 N–H and O–H groups in total. The highest BCUT2D eigenvalue weighted by Crippen LogP contribution is 2.29. The van der Waals surface area contributed by atoms with Crippen LogP contribution in [0.25, 0.3) is 5.65 Å². The Morgan fingerprint density at radius 1 is 1.32 bits per heavy atom. The van der Waals surface area contributed by atoms with Gasteiger partial charge in [0.05, 0.1) is 12.4 Å². The predicted molar refractivity (Wildman–Crippen MR) is 68.0 cm³/mol. The fourth-order valence-electron chi connectivity index (χ4n) is 1.67. The van der Waals surface area contributed by atoms with Crippen LogP contribution in [0.5, 0.6) is 11.6 Å². The third-order valence-electron chi connectivity index (χ3n) is 2.57. The van der Waals surface area contributed by atoms with Crippen LogP contribution in [0.4, 0.5) is 0 Å². The summed E-state index contributed by atoms with van der Waals surface area (Å²) in [5.41, 5.74) is 6.88. The average Bonchev–Trinajstić information content (AvgIpc) is 2.88. The molecule has 0 saturated carbocycles. The van der Waals surface area contributed by atoms with Crippen LogP contribution in [0, 0.1) is 0 Å². The molecule has 0 aliphatic rings. The molecule has 19 heavy (non-hydrogen) atoms. The Balaban J connectivity index is 2.06. The first-order valence-corrected chi connectivity index (χ1v) is 5.85. The molecule has 0 radical (unpaired) electrons. The zero-order valence-electron chi connectivity index (χ0n) is 9.69. The first-order valence-electron chi connectivity index (χ1n) is 5.47. The van der Waals surface area contributed by atoms with E-state index >= 15 is 0 Å². The van der Waals surface area contributed by atoms with Gasteiger partial charge in [-0.1, -0.05) is 17.7 Å². The Hall–Kier alpha value is -2.25. The van der Waals surface area contributed by atoms with Crippen LogP contribution in [0.2, 0.25) is 5.02 Å². The molecule has 2 aromatic heterocycles. The normalized spacial score (nSPS) is 10.8. The summed E-state index contributed by atoms with van der Waals surface area (Å²) in [6.45, 7) is 0.272. The van der Waals surface area contributed by atoms with E-state index in [4.69, 9.17) is 22.1 Å². The Labute approximate surface area is 113 Å². The van der Waals surface area contributed by atoms with Gasteiger partial charge in [0.2, 0.25) is 11.5 Å². The minimum atomic E-state index is 0.272. The lowest BCUT2D eigenvalue weighted by Gasteiger charge is -2.10. The van der Waals surface area contributed by atoms with E-state index in [2.05, 4.69) is 20.5 Å². The summed E-state index contributed by atoms with van der Waals surface area (Å²) in [4.78, 5) is 4.01. The number of nitrogens with zero attached hydrogens (tertiary/aromatic N) is 5. The lowest BCUT2D eigenvalue weighted by atomic mass is 10.2. The van der Waals surface area contributed by atoms with Crippen LogP contribution in [-0.4, -0.2) is 25.0 Å². The van der Waals surface area contributed by atoms with Crippen LogP contribution in [-0.2, 0) is 6.54 Å². The van der Waals surface area contributed by atoms with Gasteiger partial charge in [-0.25, -0.2) is 0 Å². The standard InChI is InChI=1S/C11H9ClN6O/c12-8-2-1-3-9(7(8)4-13)19-11-6-14-5-10-15-16-17-18(10)11/h1-3,5-6H,4,13H2. The molecule has 0 fully saturated rings. The Bertz CT molecular complexity index is 728. The Morgan fingerprint density at radius 3 is 3.05 bits per heavy atom. The number of hydrogen-bond acceptors (Lipinski definition) is 6. The molecule has 0 unspecified atom stereocenters. The zero-order valence-corrected chi connectivity index (χ0v) is 10.4. The van der Waals surface area contributed by atoms with E-state index in [1.54, 1.807) is 18.2 Å². The molecule has 0 spiro atoms. The predicted octanol–water partition coefficient (Wildman–Crippen LogP) is 1.42. The van der Waals surface area contributed by atoms with Crippen molar-refractivity contribution < 1.29 is 4.74 Å². The molecule has 0 aliphatic heterocycles. The van der Waals surface area contributed by atoms with Gasteiger partial charge >= 0.3 is 0 Å². The molecule has 0 bridgehead atoms. The highest BCUT2D eigenvalue weighted by atomic mass is 35.5. The molecule has 2 heterocycles. The molecule has 96 valence electrons. The van der Waals surface area contributed by atoms with Crippen molar-refractivity contribution in [3.8, 4) is 11.6 Å². The van der Waals surface area contributed by atoms with Gasteiger partial charge in [0.25, 0.3) is 0 Å². The average molecular weight is 277 g/mol. The maximum atomic E-state index is 6.07. The van der Waals surface area contributed by atoms with Crippen LogP contribution in [0.15, 0.2) is 30.6 Å². The van der Waals surface area contributed by atoms with Gasteiger partial charge in [0.1, 0.15) is 5.75 Å². The third-order valence-corrected chi connectivity index (χ3v) is 2.93. The summed E-state index contributed by atoms with van der Waals surface area (Å²) in [5.74, 6) is 0.944. The Morgan fingerprint density at radius 2 is 2.21 bits per heavy atom. The smallest absolute Gasteiger partial charge is 0.242 e. The van der Waals surface area contributed by atoms with Gasteiger partial charge in [-0.2, -0.15) is 4.52 Å². The second-order valence-electron chi connectivity index (χ2n) is 3.72. The van der Waals surface area contributed by atoms with Crippen molar-refractivity contribution in [1.29, 1.82) is 0 Å².